The molecule has 38 heavy (non-hydrogen) atoms. The lowest BCUT2D eigenvalue weighted by molar-refractivity contribution is -0.132. The number of methoxy groups -OCH3 is 1. The Kier molecular flexibility index (Phi) is 6.56. The zero-order valence-electron chi connectivity index (χ0n) is 21.8. The van der Waals surface area contributed by atoms with Crippen molar-refractivity contribution in [2.45, 2.75) is 52.2 Å². The van der Waals surface area contributed by atoms with E-state index in [-0.39, 0.29) is 33.4 Å². The molecule has 3 heterocycles. The first-order chi connectivity index (χ1) is 18.1. The predicted molar refractivity (Wildman–Crippen MR) is 144 cm³/mol. The lowest BCUT2D eigenvalue weighted by atomic mass is 9.93. The normalized spacial score (nSPS) is 20.1. The Morgan fingerprint density at radius 2 is 1.89 bits per heavy atom. The minimum Gasteiger partial charge on any atom is -0.507 e. The van der Waals surface area contributed by atoms with E-state index in [4.69, 9.17) is 9.47 Å². The number of fused-ring (bicyclic) bond motifs is 1. The van der Waals surface area contributed by atoms with Crippen LogP contribution in [0.3, 0.4) is 0 Å². The molecule has 0 aliphatic carbocycles. The van der Waals surface area contributed by atoms with Crippen LogP contribution in [-0.2, 0) is 20.7 Å². The molecule has 0 spiro atoms. The van der Waals surface area contributed by atoms with E-state index in [0.29, 0.717) is 23.2 Å². The average Bonchev–Trinajstić information content (AvgIpc) is 3.55. The molecular weight excluding hydrogens is 504 g/mol. The summed E-state index contributed by atoms with van der Waals surface area (Å²) in [4.78, 5) is 45.1. The van der Waals surface area contributed by atoms with Crippen molar-refractivity contribution >= 4 is 39.9 Å². The number of hydrogen-bond donors (Lipinski definition) is 1. The van der Waals surface area contributed by atoms with Crippen molar-refractivity contribution in [3.63, 3.8) is 0 Å². The number of thiazole rings is 1. The van der Waals surface area contributed by atoms with Crippen molar-refractivity contribution in [1.82, 2.24) is 4.98 Å². The Morgan fingerprint density at radius 1 is 1.18 bits per heavy atom. The fourth-order valence-corrected chi connectivity index (χ4v) is 5.91. The van der Waals surface area contributed by atoms with Crippen molar-refractivity contribution in [1.29, 1.82) is 0 Å². The summed E-state index contributed by atoms with van der Waals surface area (Å²) >= 11 is 0.974. The van der Waals surface area contributed by atoms with Gasteiger partial charge in [-0.25, -0.2) is 9.78 Å². The van der Waals surface area contributed by atoms with Crippen molar-refractivity contribution < 1.29 is 29.0 Å². The number of anilines is 1. The van der Waals surface area contributed by atoms with Crippen molar-refractivity contribution in [2.24, 2.45) is 0 Å². The lowest BCUT2D eigenvalue weighted by Crippen LogP contribution is -2.29. The molecule has 3 aromatic rings. The SMILES string of the molecule is COC(=O)c1sc(N2C(=O)C(=O)/C(=C(/O)c3ccc4c(c3)C[C@@H](C)O4)[C@@H]2c2ccc(C(C)C)cc2)nc1C. The van der Waals surface area contributed by atoms with Crippen molar-refractivity contribution in [3.8, 4) is 5.75 Å². The zero-order chi connectivity index (χ0) is 27.3. The van der Waals surface area contributed by atoms with Crippen molar-refractivity contribution in [3.05, 3.63) is 80.9 Å². The van der Waals surface area contributed by atoms with E-state index in [1.165, 1.54) is 12.0 Å². The maximum Gasteiger partial charge on any atom is 0.350 e. The third-order valence-corrected chi connectivity index (χ3v) is 8.03. The number of benzene rings is 2. The second-order valence-electron chi connectivity index (χ2n) is 9.85. The number of ether oxygens (including phenoxy) is 2. The Hall–Kier alpha value is -3.98. The summed E-state index contributed by atoms with van der Waals surface area (Å²) in [5.41, 5.74) is 3.44. The average molecular weight is 533 g/mol. The number of aromatic nitrogens is 1. The molecule has 5 rings (SSSR count). The molecule has 1 saturated heterocycles. The first-order valence-electron chi connectivity index (χ1n) is 12.4. The van der Waals surface area contributed by atoms with E-state index in [9.17, 15) is 19.5 Å². The van der Waals surface area contributed by atoms with Crippen LogP contribution in [0.25, 0.3) is 5.76 Å². The first-order valence-corrected chi connectivity index (χ1v) is 13.2. The molecule has 1 fully saturated rings. The molecule has 2 atom stereocenters. The number of amides is 1. The molecule has 0 bridgehead atoms. The van der Waals surface area contributed by atoms with E-state index in [1.807, 2.05) is 31.2 Å². The highest BCUT2D eigenvalue weighted by molar-refractivity contribution is 7.17. The van der Waals surface area contributed by atoms with Gasteiger partial charge in [0, 0.05) is 12.0 Å². The van der Waals surface area contributed by atoms with Gasteiger partial charge in [0.15, 0.2) is 5.13 Å². The number of aliphatic hydroxyl groups excluding tert-OH is 1. The van der Waals surface area contributed by atoms with Gasteiger partial charge in [-0.15, -0.1) is 0 Å². The van der Waals surface area contributed by atoms with Crippen LogP contribution in [0.2, 0.25) is 0 Å². The van der Waals surface area contributed by atoms with E-state index in [2.05, 4.69) is 18.8 Å². The first kappa shape index (κ1) is 25.7. The van der Waals surface area contributed by atoms with Crippen LogP contribution in [0.4, 0.5) is 5.13 Å². The number of esters is 1. The highest BCUT2D eigenvalue weighted by Gasteiger charge is 2.48. The molecule has 2 aromatic carbocycles. The maximum absolute atomic E-state index is 13.5. The van der Waals surface area contributed by atoms with Gasteiger partial charge in [-0.05, 0) is 54.7 Å². The van der Waals surface area contributed by atoms with E-state index >= 15 is 0 Å². The Morgan fingerprint density at radius 3 is 2.55 bits per heavy atom. The van der Waals surface area contributed by atoms with Gasteiger partial charge in [0.25, 0.3) is 5.78 Å². The van der Waals surface area contributed by atoms with Crippen LogP contribution in [0.1, 0.15) is 70.4 Å². The molecule has 9 heteroatoms. The summed E-state index contributed by atoms with van der Waals surface area (Å²) in [6, 6.07) is 11.9. The minimum atomic E-state index is -0.935. The molecule has 2 aliphatic rings. The molecule has 0 saturated carbocycles. The molecular formula is C29H28N2O6S. The maximum atomic E-state index is 13.5. The van der Waals surface area contributed by atoms with Crippen LogP contribution in [-0.4, -0.2) is 41.0 Å². The largest absolute Gasteiger partial charge is 0.507 e. The summed E-state index contributed by atoms with van der Waals surface area (Å²) in [6.45, 7) is 7.76. The van der Waals surface area contributed by atoms with Gasteiger partial charge in [-0.1, -0.05) is 49.4 Å². The number of aryl methyl sites for hydroxylation is 1. The number of carbonyl (C=O) groups excluding carboxylic acids is 3. The zero-order valence-corrected chi connectivity index (χ0v) is 22.6. The van der Waals surface area contributed by atoms with Gasteiger partial charge in [0.1, 0.15) is 22.5 Å². The van der Waals surface area contributed by atoms with Crippen LogP contribution in [0.15, 0.2) is 48.0 Å². The quantitative estimate of drug-likeness (QED) is 0.205. The molecule has 0 unspecified atom stereocenters. The third kappa shape index (κ3) is 4.26. The van der Waals surface area contributed by atoms with E-state index in [0.717, 1.165) is 28.2 Å². The van der Waals surface area contributed by atoms with Gasteiger partial charge < -0.3 is 14.6 Å². The van der Waals surface area contributed by atoms with Gasteiger partial charge in [0.05, 0.1) is 24.4 Å². The summed E-state index contributed by atoms with van der Waals surface area (Å²) < 4.78 is 10.6. The highest BCUT2D eigenvalue weighted by atomic mass is 32.1. The number of aliphatic hydroxyl groups is 1. The van der Waals surface area contributed by atoms with Gasteiger partial charge >= 0.3 is 11.9 Å². The standard InChI is InChI=1S/C29H28N2O6S/c1-14(2)17-6-8-18(9-7-17)23-22(24(32)19-10-11-21-20(13-19)12-15(3)37-21)25(33)27(34)31(23)29-30-16(4)26(38-29)28(35)36-5/h6-11,13-15,23,32H,12H2,1-5H3/b24-22+/t15-,23+/m1/s1. The predicted octanol–water partition coefficient (Wildman–Crippen LogP) is 5.31. The lowest BCUT2D eigenvalue weighted by Gasteiger charge is -2.23. The molecule has 1 N–H and O–H groups in total. The molecule has 2 aliphatic heterocycles. The third-order valence-electron chi connectivity index (χ3n) is 6.89. The number of hydrogen-bond acceptors (Lipinski definition) is 8. The van der Waals surface area contributed by atoms with Crippen LogP contribution >= 0.6 is 11.3 Å². The number of Topliss-reactive ketones (excluding diaryl/α,β-unsaturated/α-hetero) is 1. The molecule has 8 nitrogen and oxygen atoms in total. The van der Waals surface area contributed by atoms with E-state index in [1.54, 1.807) is 25.1 Å². The molecule has 0 radical (unpaired) electrons. The molecule has 196 valence electrons. The van der Waals surface area contributed by atoms with Gasteiger partial charge in [-0.3, -0.25) is 14.5 Å². The molecule has 1 aromatic heterocycles. The Bertz CT molecular complexity index is 1490. The van der Waals surface area contributed by atoms with Crippen LogP contribution in [0.5, 0.6) is 5.75 Å². The fraction of sp³-hybridized carbons (Fsp3) is 0.310. The Labute approximate surface area is 224 Å². The monoisotopic (exact) mass is 532 g/mol. The summed E-state index contributed by atoms with van der Waals surface area (Å²) in [5.74, 6) is -1.46. The van der Waals surface area contributed by atoms with Crippen LogP contribution < -0.4 is 9.64 Å². The second-order valence-corrected chi connectivity index (χ2v) is 10.8. The smallest absolute Gasteiger partial charge is 0.350 e. The number of nitrogens with zero attached hydrogens (tertiary/aromatic N) is 2. The van der Waals surface area contributed by atoms with Crippen LogP contribution in [0, 0.1) is 6.92 Å². The number of rotatable bonds is 5. The minimum absolute atomic E-state index is 0.0181. The second kappa shape index (κ2) is 9.72. The summed E-state index contributed by atoms with van der Waals surface area (Å²) in [7, 11) is 1.27. The van der Waals surface area contributed by atoms with Gasteiger partial charge in [-0.2, -0.15) is 0 Å². The van der Waals surface area contributed by atoms with Gasteiger partial charge in [0.2, 0.25) is 0 Å². The number of ketones is 1. The fourth-order valence-electron chi connectivity index (χ4n) is 4.90. The topological polar surface area (TPSA) is 106 Å². The highest BCUT2D eigenvalue weighted by Crippen LogP contribution is 2.44. The van der Waals surface area contributed by atoms with E-state index < -0.39 is 23.7 Å². The summed E-state index contributed by atoms with van der Waals surface area (Å²) in [6.07, 6.45) is 0.698. The molecule has 1 amide bonds. The summed E-state index contributed by atoms with van der Waals surface area (Å²) in [5, 5.41) is 11.7. The van der Waals surface area contributed by atoms with Crippen molar-refractivity contribution in [2.75, 3.05) is 12.0 Å². The number of carbonyl (C=O) groups is 3. The Balaban J connectivity index is 1.68.